The average molecular weight is 124 g/mol. The molecule has 50 valence electrons. The number of rotatable bonds is 3. The van der Waals surface area contributed by atoms with Gasteiger partial charge in [0.1, 0.15) is 0 Å². The van der Waals surface area contributed by atoms with Crippen LogP contribution in [-0.2, 0) is 4.79 Å². The van der Waals surface area contributed by atoms with Crippen LogP contribution in [0.2, 0.25) is 0 Å². The maximum Gasteiger partial charge on any atom is 0.177 e. The van der Waals surface area contributed by atoms with Crippen LogP contribution in [0.1, 0.15) is 33.1 Å². The minimum atomic E-state index is 0.920. The molecule has 0 aromatic carbocycles. The third-order valence-electron chi connectivity index (χ3n) is 1.21. The van der Waals surface area contributed by atoms with Crippen LogP contribution in [-0.4, -0.2) is 5.94 Å². The van der Waals surface area contributed by atoms with E-state index in [1.165, 1.54) is 0 Å². The van der Waals surface area contributed by atoms with Crippen LogP contribution in [0.5, 0.6) is 0 Å². The molecule has 0 atom stereocenters. The third-order valence-corrected chi connectivity index (χ3v) is 1.21. The monoisotopic (exact) mass is 124 g/mol. The van der Waals surface area contributed by atoms with Crippen molar-refractivity contribution in [1.29, 1.82) is 0 Å². The summed E-state index contributed by atoms with van der Waals surface area (Å²) in [6.07, 6.45) is 2.98. The molecule has 0 spiro atoms. The van der Waals surface area contributed by atoms with Gasteiger partial charge < -0.3 is 0 Å². The Kier molecular flexibility index (Phi) is 4.91. The molecular formula is C8H12O. The number of allylic oxidation sites excluding steroid dienone is 1. The molecular weight excluding hydrogens is 112 g/mol. The molecule has 0 aromatic rings. The first-order chi connectivity index (χ1) is 4.35. The van der Waals surface area contributed by atoms with E-state index in [-0.39, 0.29) is 0 Å². The molecule has 0 heterocycles. The van der Waals surface area contributed by atoms with E-state index in [1.54, 1.807) is 5.94 Å². The summed E-state index contributed by atoms with van der Waals surface area (Å²) in [7, 11) is 0. The van der Waals surface area contributed by atoms with Gasteiger partial charge in [0.05, 0.1) is 0 Å². The topological polar surface area (TPSA) is 17.1 Å². The van der Waals surface area contributed by atoms with Gasteiger partial charge in [-0.3, -0.25) is 0 Å². The SMILES string of the molecule is CCCC(=C=C=O)CC. The Morgan fingerprint density at radius 3 is 2.44 bits per heavy atom. The van der Waals surface area contributed by atoms with Crippen molar-refractivity contribution < 1.29 is 4.79 Å². The van der Waals surface area contributed by atoms with E-state index in [0.29, 0.717) is 0 Å². The van der Waals surface area contributed by atoms with Crippen molar-refractivity contribution >= 4 is 5.94 Å². The van der Waals surface area contributed by atoms with Crippen LogP contribution < -0.4 is 0 Å². The summed E-state index contributed by atoms with van der Waals surface area (Å²) in [5.41, 5.74) is 3.62. The minimum absolute atomic E-state index is 0.920. The smallest absolute Gasteiger partial charge is 0.177 e. The molecule has 0 unspecified atom stereocenters. The second-order valence-corrected chi connectivity index (χ2v) is 1.93. The van der Waals surface area contributed by atoms with E-state index in [2.05, 4.69) is 12.7 Å². The molecule has 0 fully saturated rings. The third kappa shape index (κ3) is 3.78. The molecule has 0 radical (unpaired) electrons. The first-order valence-corrected chi connectivity index (χ1v) is 3.33. The summed E-state index contributed by atoms with van der Waals surface area (Å²) >= 11 is 0. The van der Waals surface area contributed by atoms with E-state index in [1.807, 2.05) is 6.92 Å². The van der Waals surface area contributed by atoms with Gasteiger partial charge in [0, 0.05) is 0 Å². The highest BCUT2D eigenvalue weighted by Gasteiger charge is 1.88. The van der Waals surface area contributed by atoms with Crippen molar-refractivity contribution in [1.82, 2.24) is 0 Å². The van der Waals surface area contributed by atoms with Crippen LogP contribution >= 0.6 is 0 Å². The standard InChI is InChI=1S/C8H12O/c1-3-5-8(4-2)6-7-9/h3-5H2,1-2H3. The molecule has 0 amide bonds. The fourth-order valence-electron chi connectivity index (χ4n) is 0.702. The van der Waals surface area contributed by atoms with E-state index in [0.717, 1.165) is 24.8 Å². The van der Waals surface area contributed by atoms with Crippen LogP contribution in [0.4, 0.5) is 0 Å². The zero-order valence-corrected chi connectivity index (χ0v) is 6.03. The Balaban J connectivity index is 3.98. The normalized spacial score (nSPS) is 7.78. The van der Waals surface area contributed by atoms with E-state index in [9.17, 15) is 4.79 Å². The van der Waals surface area contributed by atoms with Crippen molar-refractivity contribution in [3.8, 4) is 0 Å². The molecule has 1 nitrogen and oxygen atoms in total. The lowest BCUT2D eigenvalue weighted by atomic mass is 10.1. The minimum Gasteiger partial charge on any atom is -0.224 e. The lowest BCUT2D eigenvalue weighted by Crippen LogP contribution is -1.76. The van der Waals surface area contributed by atoms with Crippen molar-refractivity contribution in [2.45, 2.75) is 33.1 Å². The van der Waals surface area contributed by atoms with Crippen LogP contribution in [0.3, 0.4) is 0 Å². The van der Waals surface area contributed by atoms with Gasteiger partial charge in [-0.1, -0.05) is 20.3 Å². The second-order valence-electron chi connectivity index (χ2n) is 1.93. The summed E-state index contributed by atoms with van der Waals surface area (Å²) in [5, 5.41) is 0. The molecule has 9 heavy (non-hydrogen) atoms. The molecule has 0 bridgehead atoms. The summed E-state index contributed by atoms with van der Waals surface area (Å²) in [6, 6.07) is 0. The molecule has 0 aliphatic carbocycles. The van der Waals surface area contributed by atoms with Gasteiger partial charge in [-0.05, 0) is 24.1 Å². The Bertz CT molecular complexity index is 146. The van der Waals surface area contributed by atoms with Gasteiger partial charge in [0.25, 0.3) is 0 Å². The number of carbonyl (C=O) groups excluding carboxylic acids is 1. The quantitative estimate of drug-likeness (QED) is 0.416. The van der Waals surface area contributed by atoms with Gasteiger partial charge in [-0.25, -0.2) is 4.79 Å². The lowest BCUT2D eigenvalue weighted by Gasteiger charge is -1.92. The largest absolute Gasteiger partial charge is 0.224 e. The Labute approximate surface area is 56.1 Å². The van der Waals surface area contributed by atoms with E-state index >= 15 is 0 Å². The van der Waals surface area contributed by atoms with Crippen LogP contribution in [0, 0.1) is 0 Å². The fourth-order valence-corrected chi connectivity index (χ4v) is 0.702. The first kappa shape index (κ1) is 8.23. The molecule has 0 saturated carbocycles. The fraction of sp³-hybridized carbons (Fsp3) is 0.625. The second kappa shape index (κ2) is 5.37. The highest BCUT2D eigenvalue weighted by atomic mass is 16.1. The average Bonchev–Trinajstić information content (AvgIpc) is 1.88. The molecule has 0 N–H and O–H groups in total. The maximum absolute atomic E-state index is 9.79. The first-order valence-electron chi connectivity index (χ1n) is 3.33. The zero-order valence-electron chi connectivity index (χ0n) is 6.03. The molecule has 0 aliphatic rings. The van der Waals surface area contributed by atoms with Crippen LogP contribution in [0.25, 0.3) is 0 Å². The highest BCUT2D eigenvalue weighted by Crippen LogP contribution is 2.05. The maximum atomic E-state index is 9.79. The predicted octanol–water partition coefficient (Wildman–Crippen LogP) is 2.11. The molecule has 0 rings (SSSR count). The van der Waals surface area contributed by atoms with Crippen molar-refractivity contribution in [3.05, 3.63) is 11.3 Å². The zero-order chi connectivity index (χ0) is 7.11. The van der Waals surface area contributed by atoms with Gasteiger partial charge in [-0.2, -0.15) is 0 Å². The molecule has 0 aromatic heterocycles. The van der Waals surface area contributed by atoms with Crippen molar-refractivity contribution in [2.75, 3.05) is 0 Å². The molecule has 0 aliphatic heterocycles. The number of hydrogen-bond donors (Lipinski definition) is 0. The van der Waals surface area contributed by atoms with E-state index in [4.69, 9.17) is 0 Å². The highest BCUT2D eigenvalue weighted by molar-refractivity contribution is 5.45. The van der Waals surface area contributed by atoms with Crippen LogP contribution in [0.15, 0.2) is 11.3 Å². The Morgan fingerprint density at radius 1 is 1.44 bits per heavy atom. The summed E-state index contributed by atoms with van der Waals surface area (Å²) in [6.45, 7) is 4.11. The lowest BCUT2D eigenvalue weighted by molar-refractivity contribution is 0.569. The van der Waals surface area contributed by atoms with Gasteiger partial charge in [-0.15, -0.1) is 0 Å². The molecule has 1 heteroatoms. The summed E-state index contributed by atoms with van der Waals surface area (Å²) in [4.78, 5) is 9.79. The summed E-state index contributed by atoms with van der Waals surface area (Å²) < 4.78 is 0. The molecule has 0 saturated heterocycles. The van der Waals surface area contributed by atoms with Crippen molar-refractivity contribution in [3.63, 3.8) is 0 Å². The summed E-state index contributed by atoms with van der Waals surface area (Å²) in [5.74, 6) is 1.67. The predicted molar refractivity (Wildman–Crippen MR) is 37.9 cm³/mol. The van der Waals surface area contributed by atoms with Gasteiger partial charge in [0.2, 0.25) is 0 Å². The Morgan fingerprint density at radius 2 is 2.11 bits per heavy atom. The Hall–Kier alpha value is -0.770. The number of hydrogen-bond acceptors (Lipinski definition) is 1. The van der Waals surface area contributed by atoms with Gasteiger partial charge in [0.15, 0.2) is 5.94 Å². The van der Waals surface area contributed by atoms with Gasteiger partial charge >= 0.3 is 0 Å². The van der Waals surface area contributed by atoms with Crippen molar-refractivity contribution in [2.24, 2.45) is 0 Å². The van der Waals surface area contributed by atoms with E-state index < -0.39 is 0 Å².